The number of carboxylic acid groups (broad SMARTS) is 1. The van der Waals surface area contributed by atoms with Crippen LogP contribution in [0.25, 0.3) is 0 Å². The van der Waals surface area contributed by atoms with E-state index in [1.165, 1.54) is 0 Å². The highest BCUT2D eigenvalue weighted by molar-refractivity contribution is 5.72. The maximum Gasteiger partial charge on any atom is 0.338 e. The molecule has 0 heterocycles. The van der Waals surface area contributed by atoms with Gasteiger partial charge < -0.3 is 5.11 Å². The Bertz CT molecular complexity index is 131. The lowest BCUT2D eigenvalue weighted by atomic mass is 10.2. The molecule has 0 aromatic carbocycles. The zero-order valence-corrected chi connectivity index (χ0v) is 5.22. The van der Waals surface area contributed by atoms with Crippen molar-refractivity contribution in [1.29, 1.82) is 0 Å². The number of aliphatic carboxylic acids is 1. The van der Waals surface area contributed by atoms with E-state index in [9.17, 15) is 9.18 Å². The van der Waals surface area contributed by atoms with Crippen molar-refractivity contribution in [3.05, 3.63) is 12.2 Å². The number of carbonyl (C=O) groups is 1. The molecule has 0 bridgehead atoms. The molecule has 1 N–H and O–H groups in total. The lowest BCUT2D eigenvalue weighted by molar-refractivity contribution is -0.142. The van der Waals surface area contributed by atoms with Crippen molar-refractivity contribution in [2.24, 2.45) is 0 Å². The Hall–Kier alpha value is -0.860. The van der Waals surface area contributed by atoms with E-state index in [4.69, 9.17) is 5.11 Å². The topological polar surface area (TPSA) is 37.3 Å². The first kappa shape index (κ1) is 8.14. The van der Waals surface area contributed by atoms with Crippen molar-refractivity contribution in [2.75, 3.05) is 0 Å². The highest BCUT2D eigenvalue weighted by Gasteiger charge is 2.14. The molecule has 0 aliphatic rings. The van der Waals surface area contributed by atoms with Gasteiger partial charge in [-0.05, 0) is 6.92 Å². The van der Waals surface area contributed by atoms with Crippen LogP contribution in [0.2, 0.25) is 0 Å². The molecule has 1 unspecified atom stereocenters. The third kappa shape index (κ3) is 3.70. The summed E-state index contributed by atoms with van der Waals surface area (Å²) in [6.07, 6.45) is -1.88. The third-order valence-corrected chi connectivity index (χ3v) is 0.796. The second kappa shape index (κ2) is 3.22. The summed E-state index contributed by atoms with van der Waals surface area (Å²) in [7, 11) is 0. The molecular weight excluding hydrogens is 123 g/mol. The first-order chi connectivity index (χ1) is 4.04. The summed E-state index contributed by atoms with van der Waals surface area (Å²) < 4.78 is 12.1. The molecule has 0 fully saturated rings. The summed E-state index contributed by atoms with van der Waals surface area (Å²) in [5, 5.41) is 8.01. The van der Waals surface area contributed by atoms with E-state index >= 15 is 0 Å². The Labute approximate surface area is 53.0 Å². The van der Waals surface area contributed by atoms with Gasteiger partial charge in [-0.25, -0.2) is 9.18 Å². The number of rotatable bonds is 3. The van der Waals surface area contributed by atoms with Crippen LogP contribution in [0.5, 0.6) is 0 Å². The van der Waals surface area contributed by atoms with E-state index in [0.29, 0.717) is 5.57 Å². The van der Waals surface area contributed by atoms with Crippen LogP contribution in [-0.4, -0.2) is 17.2 Å². The van der Waals surface area contributed by atoms with E-state index in [1.54, 1.807) is 6.92 Å². The summed E-state index contributed by atoms with van der Waals surface area (Å²) in [4.78, 5) is 9.82. The molecule has 2 nitrogen and oxygen atoms in total. The summed E-state index contributed by atoms with van der Waals surface area (Å²) in [6, 6.07) is 0. The lowest BCUT2D eigenvalue weighted by Gasteiger charge is -1.99. The van der Waals surface area contributed by atoms with E-state index in [0.717, 1.165) is 0 Å². The summed E-state index contributed by atoms with van der Waals surface area (Å²) in [6.45, 7) is 4.97. The smallest absolute Gasteiger partial charge is 0.338 e. The molecule has 1 atom stereocenters. The summed E-state index contributed by atoms with van der Waals surface area (Å²) >= 11 is 0. The monoisotopic (exact) mass is 132 g/mol. The molecule has 0 radical (unpaired) electrons. The van der Waals surface area contributed by atoms with E-state index in [1.807, 2.05) is 0 Å². The van der Waals surface area contributed by atoms with Crippen molar-refractivity contribution in [2.45, 2.75) is 19.5 Å². The van der Waals surface area contributed by atoms with Gasteiger partial charge >= 0.3 is 5.97 Å². The molecule has 0 spiro atoms. The molecule has 3 heteroatoms. The van der Waals surface area contributed by atoms with Crippen LogP contribution in [0.3, 0.4) is 0 Å². The molecule has 0 aromatic heterocycles. The number of carboxylic acids is 1. The quantitative estimate of drug-likeness (QED) is 0.589. The van der Waals surface area contributed by atoms with Crippen molar-refractivity contribution in [3.8, 4) is 0 Å². The van der Waals surface area contributed by atoms with Crippen LogP contribution in [-0.2, 0) is 4.79 Å². The molecule has 0 aliphatic heterocycles. The molecule has 0 saturated heterocycles. The summed E-state index contributed by atoms with van der Waals surface area (Å²) in [5.41, 5.74) is 0.546. The predicted octanol–water partition coefficient (Wildman–Crippen LogP) is 1.38. The van der Waals surface area contributed by atoms with Crippen LogP contribution in [0.1, 0.15) is 13.3 Å². The zero-order valence-electron chi connectivity index (χ0n) is 5.22. The first-order valence-electron chi connectivity index (χ1n) is 2.55. The average Bonchev–Trinajstić information content (AvgIpc) is 1.63. The second-order valence-electron chi connectivity index (χ2n) is 1.97. The highest BCUT2D eigenvalue weighted by atomic mass is 19.1. The fourth-order valence-corrected chi connectivity index (χ4v) is 0.393. The summed E-state index contributed by atoms with van der Waals surface area (Å²) in [5.74, 6) is -1.42. The normalized spacial score (nSPS) is 12.7. The number of halogens is 1. The fourth-order valence-electron chi connectivity index (χ4n) is 0.393. The van der Waals surface area contributed by atoms with Gasteiger partial charge in [-0.3, -0.25) is 0 Å². The van der Waals surface area contributed by atoms with Gasteiger partial charge in [0.25, 0.3) is 0 Å². The van der Waals surface area contributed by atoms with Gasteiger partial charge in [-0.1, -0.05) is 5.57 Å². The minimum atomic E-state index is -1.79. The van der Waals surface area contributed by atoms with Gasteiger partial charge in [0.2, 0.25) is 6.17 Å². The lowest BCUT2D eigenvalue weighted by Crippen LogP contribution is -2.13. The van der Waals surface area contributed by atoms with Gasteiger partial charge in [0.15, 0.2) is 0 Å². The molecule has 0 aliphatic carbocycles. The molecule has 0 saturated carbocycles. The number of allylic oxidation sites excluding steroid dienone is 1. The molecule has 52 valence electrons. The van der Waals surface area contributed by atoms with Gasteiger partial charge in [-0.2, -0.15) is 0 Å². The molecule has 0 aromatic rings. The van der Waals surface area contributed by atoms with Gasteiger partial charge in [0.1, 0.15) is 0 Å². The Kier molecular flexibility index (Phi) is 2.91. The molecular formula is C6H9FO2. The number of hydrogen-bond donors (Lipinski definition) is 1. The van der Waals surface area contributed by atoms with Crippen molar-refractivity contribution in [1.82, 2.24) is 0 Å². The maximum atomic E-state index is 12.1. The molecule has 0 amide bonds. The SMILES string of the molecule is C=C(C)CC(F)C(=O)O. The van der Waals surface area contributed by atoms with Crippen LogP contribution >= 0.6 is 0 Å². The Morgan fingerprint density at radius 1 is 1.89 bits per heavy atom. The first-order valence-corrected chi connectivity index (χ1v) is 2.55. The van der Waals surface area contributed by atoms with E-state index in [2.05, 4.69) is 6.58 Å². The van der Waals surface area contributed by atoms with Gasteiger partial charge in [0, 0.05) is 6.42 Å². The Balaban J connectivity index is 3.63. The fraction of sp³-hybridized carbons (Fsp3) is 0.500. The number of hydrogen-bond acceptors (Lipinski definition) is 1. The molecule has 9 heavy (non-hydrogen) atoms. The van der Waals surface area contributed by atoms with Crippen molar-refractivity contribution >= 4 is 5.97 Å². The minimum absolute atomic E-state index is 0.0880. The van der Waals surface area contributed by atoms with Crippen LogP contribution in [0.15, 0.2) is 12.2 Å². The second-order valence-corrected chi connectivity index (χ2v) is 1.97. The maximum absolute atomic E-state index is 12.1. The van der Waals surface area contributed by atoms with Crippen molar-refractivity contribution < 1.29 is 14.3 Å². The van der Waals surface area contributed by atoms with Crippen molar-refractivity contribution in [3.63, 3.8) is 0 Å². The third-order valence-electron chi connectivity index (χ3n) is 0.796. The van der Waals surface area contributed by atoms with Crippen LogP contribution in [0, 0.1) is 0 Å². The molecule has 0 rings (SSSR count). The van der Waals surface area contributed by atoms with Gasteiger partial charge in [-0.15, -0.1) is 6.58 Å². The number of alkyl halides is 1. The minimum Gasteiger partial charge on any atom is -0.479 e. The largest absolute Gasteiger partial charge is 0.479 e. The standard InChI is InChI=1S/C6H9FO2/c1-4(2)3-5(7)6(8)9/h5H,1,3H2,2H3,(H,8,9). The highest BCUT2D eigenvalue weighted by Crippen LogP contribution is 2.04. The van der Waals surface area contributed by atoms with Crippen LogP contribution < -0.4 is 0 Å². The van der Waals surface area contributed by atoms with E-state index < -0.39 is 12.1 Å². The Morgan fingerprint density at radius 3 is 2.44 bits per heavy atom. The van der Waals surface area contributed by atoms with Crippen LogP contribution in [0.4, 0.5) is 4.39 Å². The zero-order chi connectivity index (χ0) is 7.44. The van der Waals surface area contributed by atoms with E-state index in [-0.39, 0.29) is 6.42 Å². The average molecular weight is 132 g/mol. The predicted molar refractivity (Wildman–Crippen MR) is 32.0 cm³/mol. The van der Waals surface area contributed by atoms with Gasteiger partial charge in [0.05, 0.1) is 0 Å². The Morgan fingerprint density at radius 2 is 2.33 bits per heavy atom.